The zero-order chi connectivity index (χ0) is 25.2. The van der Waals surface area contributed by atoms with E-state index < -0.39 is 0 Å². The highest BCUT2D eigenvalue weighted by Crippen LogP contribution is 2.34. The molecule has 1 fully saturated rings. The Morgan fingerprint density at radius 2 is 1.94 bits per heavy atom. The van der Waals surface area contributed by atoms with Crippen molar-refractivity contribution in [3.05, 3.63) is 40.5 Å². The van der Waals surface area contributed by atoms with E-state index in [9.17, 15) is 9.59 Å². The molecule has 1 saturated carbocycles. The van der Waals surface area contributed by atoms with Gasteiger partial charge in [0.05, 0.1) is 32.2 Å². The summed E-state index contributed by atoms with van der Waals surface area (Å²) in [6.07, 6.45) is 5.01. The fraction of sp³-hybridized carbons (Fsp3) is 0.440. The van der Waals surface area contributed by atoms with E-state index in [1.54, 1.807) is 36.9 Å². The summed E-state index contributed by atoms with van der Waals surface area (Å²) < 4.78 is 12.4. The summed E-state index contributed by atoms with van der Waals surface area (Å²) >= 11 is 1.42. The molecular weight excluding hydrogens is 480 g/mol. The van der Waals surface area contributed by atoms with Gasteiger partial charge in [-0.1, -0.05) is 24.2 Å². The van der Waals surface area contributed by atoms with Crippen LogP contribution in [0.2, 0.25) is 0 Å². The minimum Gasteiger partial charge on any atom is -0.497 e. The summed E-state index contributed by atoms with van der Waals surface area (Å²) in [5, 5.41) is 11.0. The average molecular weight is 511 g/mol. The van der Waals surface area contributed by atoms with Crippen LogP contribution in [0.5, 0.6) is 11.5 Å². The fourth-order valence-corrected chi connectivity index (χ4v) is 5.81. The Bertz CT molecular complexity index is 1280. The number of benzene rings is 1. The second-order valence-corrected chi connectivity index (χ2v) is 10.1. The van der Waals surface area contributed by atoms with Crippen LogP contribution in [-0.2, 0) is 20.0 Å². The molecule has 1 aromatic carbocycles. The van der Waals surface area contributed by atoms with Crippen LogP contribution in [0.15, 0.2) is 24.3 Å². The first-order valence-corrected chi connectivity index (χ1v) is 12.9. The first-order valence-electron chi connectivity index (χ1n) is 12.1. The van der Waals surface area contributed by atoms with Crippen molar-refractivity contribution in [2.75, 3.05) is 26.1 Å². The van der Waals surface area contributed by atoms with Crippen molar-refractivity contribution in [1.82, 2.24) is 25.0 Å². The predicted molar refractivity (Wildman–Crippen MR) is 137 cm³/mol. The maximum atomic E-state index is 13.4. The number of methoxy groups -OCH3 is 2. The number of aromatic nitrogens is 3. The number of hydrogen-bond donors (Lipinski definition) is 2. The maximum Gasteiger partial charge on any atom is 0.321 e. The van der Waals surface area contributed by atoms with Crippen LogP contribution in [0.1, 0.15) is 46.7 Å². The van der Waals surface area contributed by atoms with Crippen molar-refractivity contribution in [3.63, 3.8) is 0 Å². The number of ether oxygens (including phenoxy) is 2. The predicted octanol–water partition coefficient (Wildman–Crippen LogP) is 3.82. The van der Waals surface area contributed by atoms with Gasteiger partial charge in [0.1, 0.15) is 17.2 Å². The molecular formula is C25H30N6O4S. The lowest BCUT2D eigenvalue weighted by atomic mass is 10.1. The first-order chi connectivity index (χ1) is 17.4. The molecule has 0 saturated heterocycles. The Hall–Kier alpha value is -3.60. The van der Waals surface area contributed by atoms with Gasteiger partial charge in [0.15, 0.2) is 5.13 Å². The van der Waals surface area contributed by atoms with Crippen LogP contribution in [0, 0.1) is 0 Å². The van der Waals surface area contributed by atoms with Gasteiger partial charge in [0.2, 0.25) is 0 Å². The van der Waals surface area contributed by atoms with Crippen LogP contribution < -0.4 is 20.1 Å². The first kappa shape index (κ1) is 24.1. The number of anilines is 1. The van der Waals surface area contributed by atoms with Crippen molar-refractivity contribution >= 4 is 28.4 Å². The molecule has 10 nitrogen and oxygen atoms in total. The van der Waals surface area contributed by atoms with Crippen LogP contribution in [-0.4, -0.2) is 58.4 Å². The minimum atomic E-state index is -0.212. The van der Waals surface area contributed by atoms with E-state index in [1.807, 2.05) is 18.2 Å². The second kappa shape index (κ2) is 10.2. The number of nitrogens with zero attached hydrogens (tertiary/aromatic N) is 4. The molecule has 1 aliphatic heterocycles. The van der Waals surface area contributed by atoms with Crippen LogP contribution in [0.25, 0.3) is 11.3 Å². The third-order valence-corrected chi connectivity index (χ3v) is 7.71. The van der Waals surface area contributed by atoms with E-state index in [0.29, 0.717) is 47.5 Å². The highest BCUT2D eigenvalue weighted by atomic mass is 32.1. The van der Waals surface area contributed by atoms with Gasteiger partial charge in [-0.2, -0.15) is 5.10 Å². The van der Waals surface area contributed by atoms with Gasteiger partial charge < -0.3 is 19.7 Å². The molecule has 190 valence electrons. The van der Waals surface area contributed by atoms with E-state index in [0.717, 1.165) is 41.8 Å². The van der Waals surface area contributed by atoms with E-state index in [2.05, 4.69) is 20.7 Å². The van der Waals surface area contributed by atoms with Crippen molar-refractivity contribution < 1.29 is 19.1 Å². The Balaban J connectivity index is 1.29. The van der Waals surface area contributed by atoms with Crippen molar-refractivity contribution in [2.45, 2.75) is 44.7 Å². The van der Waals surface area contributed by atoms with E-state index in [4.69, 9.17) is 9.47 Å². The van der Waals surface area contributed by atoms with E-state index in [-0.39, 0.29) is 18.0 Å². The molecule has 3 aromatic rings. The standard InChI is InChI=1S/C25H30N6O4S/c1-30-20(13-19(29-30)17-12-16(34-2)8-9-21(17)35-3)23(32)31-11-10-18-22(14-31)36-25(27-18)28-24(33)26-15-6-4-5-7-15/h8-9,12-13,15H,4-7,10-11,14H2,1-3H3,(H2,26,27,28,33). The number of carbonyl (C=O) groups is 2. The number of urea groups is 1. The molecule has 2 N–H and O–H groups in total. The number of rotatable bonds is 6. The van der Waals surface area contributed by atoms with Gasteiger partial charge in [0.25, 0.3) is 5.91 Å². The summed E-state index contributed by atoms with van der Waals surface area (Å²) in [5.41, 5.74) is 2.80. The van der Waals surface area contributed by atoms with Crippen molar-refractivity contribution in [3.8, 4) is 22.8 Å². The zero-order valence-corrected chi connectivity index (χ0v) is 21.5. The van der Waals surface area contributed by atoms with Crippen LogP contribution in [0.3, 0.4) is 0 Å². The Kier molecular flexibility index (Phi) is 6.82. The number of nitrogens with one attached hydrogen (secondary N) is 2. The van der Waals surface area contributed by atoms with Crippen LogP contribution >= 0.6 is 11.3 Å². The summed E-state index contributed by atoms with van der Waals surface area (Å²) in [4.78, 5) is 33.2. The Morgan fingerprint density at radius 3 is 2.69 bits per heavy atom. The molecule has 2 aromatic heterocycles. The number of hydrogen-bond acceptors (Lipinski definition) is 7. The second-order valence-electron chi connectivity index (χ2n) is 9.05. The molecule has 0 bridgehead atoms. The monoisotopic (exact) mass is 510 g/mol. The number of fused-ring (bicyclic) bond motifs is 1. The van der Waals surface area contributed by atoms with E-state index >= 15 is 0 Å². The van der Waals surface area contributed by atoms with Gasteiger partial charge in [0, 0.05) is 36.5 Å². The molecule has 3 amide bonds. The summed E-state index contributed by atoms with van der Waals surface area (Å²) in [5.74, 6) is 1.22. The number of carbonyl (C=O) groups excluding carboxylic acids is 2. The summed E-state index contributed by atoms with van der Waals surface area (Å²) in [7, 11) is 4.96. The lowest BCUT2D eigenvalue weighted by molar-refractivity contribution is 0.0725. The fourth-order valence-electron chi connectivity index (χ4n) is 4.79. The highest BCUT2D eigenvalue weighted by Gasteiger charge is 2.28. The highest BCUT2D eigenvalue weighted by molar-refractivity contribution is 7.15. The molecule has 0 unspecified atom stereocenters. The van der Waals surface area contributed by atoms with Gasteiger partial charge in [-0.25, -0.2) is 9.78 Å². The normalized spacial score (nSPS) is 15.5. The minimum absolute atomic E-state index is 0.106. The van der Waals surface area contributed by atoms with Gasteiger partial charge in [-0.05, 0) is 37.1 Å². The van der Waals surface area contributed by atoms with Crippen molar-refractivity contribution in [1.29, 1.82) is 0 Å². The topological polar surface area (TPSA) is 111 Å². The largest absolute Gasteiger partial charge is 0.497 e. The Morgan fingerprint density at radius 1 is 1.14 bits per heavy atom. The zero-order valence-electron chi connectivity index (χ0n) is 20.7. The molecule has 0 spiro atoms. The smallest absolute Gasteiger partial charge is 0.321 e. The van der Waals surface area contributed by atoms with Gasteiger partial charge >= 0.3 is 6.03 Å². The molecule has 2 aliphatic rings. The lowest BCUT2D eigenvalue weighted by Crippen LogP contribution is -2.36. The number of thiazole rings is 1. The van der Waals surface area contributed by atoms with Crippen molar-refractivity contribution in [2.24, 2.45) is 7.05 Å². The lowest BCUT2D eigenvalue weighted by Gasteiger charge is -2.25. The molecule has 36 heavy (non-hydrogen) atoms. The average Bonchev–Trinajstić information content (AvgIpc) is 3.62. The summed E-state index contributed by atoms with van der Waals surface area (Å²) in [6, 6.07) is 7.29. The quantitative estimate of drug-likeness (QED) is 0.522. The molecule has 5 rings (SSSR count). The van der Waals surface area contributed by atoms with Gasteiger partial charge in [-0.15, -0.1) is 0 Å². The number of aryl methyl sites for hydroxylation is 1. The molecule has 3 heterocycles. The Labute approximate surface area is 213 Å². The molecule has 0 atom stereocenters. The SMILES string of the molecule is COc1ccc(OC)c(-c2cc(C(=O)N3CCc4nc(NC(=O)NC5CCCC5)sc4C3)n(C)n2)c1. The molecule has 11 heteroatoms. The molecule has 0 radical (unpaired) electrons. The van der Waals surface area contributed by atoms with Gasteiger partial charge in [-0.3, -0.25) is 14.8 Å². The van der Waals surface area contributed by atoms with E-state index in [1.165, 1.54) is 11.3 Å². The maximum absolute atomic E-state index is 13.4. The third-order valence-electron chi connectivity index (χ3n) is 6.71. The van der Waals surface area contributed by atoms with Crippen LogP contribution in [0.4, 0.5) is 9.93 Å². The molecule has 1 aliphatic carbocycles. The third kappa shape index (κ3) is 4.88. The summed E-state index contributed by atoms with van der Waals surface area (Å²) in [6.45, 7) is 0.993. The number of amides is 3.